The van der Waals surface area contributed by atoms with Gasteiger partial charge in [0.05, 0.1) is 6.61 Å². The molecule has 1 amide bonds. The number of aryl methyl sites for hydroxylation is 1. The lowest BCUT2D eigenvalue weighted by atomic mass is 10.1. The van der Waals surface area contributed by atoms with Crippen LogP contribution in [0.4, 0.5) is 0 Å². The number of nitrogens with two attached hydrogens (primary N) is 1. The number of carbonyl (C=O) groups is 2. The number of carboxylic acids is 1. The van der Waals surface area contributed by atoms with Gasteiger partial charge < -0.3 is 34.5 Å². The van der Waals surface area contributed by atoms with Crippen LogP contribution in [0.1, 0.15) is 32.8 Å². The molecule has 13 heteroatoms. The summed E-state index contributed by atoms with van der Waals surface area (Å²) in [7, 11) is -4.17. The number of benzene rings is 1. The van der Waals surface area contributed by atoms with E-state index in [4.69, 9.17) is 29.0 Å². The normalized spacial score (nSPS) is 28.8. The van der Waals surface area contributed by atoms with Crippen molar-refractivity contribution in [1.82, 2.24) is 9.99 Å². The van der Waals surface area contributed by atoms with Crippen molar-refractivity contribution in [3.8, 4) is 5.75 Å². The SMILES string of the molecule is Cc1ccc(OP(=O)(N[C@@H](C)C(=O)O)OCC2O[C@@H](N3C=CCC(C(N)=O)=C3)[C@@H]3OC(C)(C)O[C@H]23)cc1. The number of allylic oxidation sites excluding steroid dienone is 1. The number of aliphatic carboxylic acids is 1. The van der Waals surface area contributed by atoms with Crippen molar-refractivity contribution in [2.75, 3.05) is 6.61 Å². The minimum Gasteiger partial charge on any atom is -0.480 e. The Balaban J connectivity index is 1.53. The summed E-state index contributed by atoms with van der Waals surface area (Å²) >= 11 is 0. The fourth-order valence-corrected chi connectivity index (χ4v) is 5.73. The van der Waals surface area contributed by atoms with Crippen LogP contribution < -0.4 is 15.3 Å². The zero-order valence-electron chi connectivity index (χ0n) is 21.0. The number of carboxylic acid groups (broad SMARTS) is 1. The molecule has 0 bridgehead atoms. The molecular weight excluding hydrogens is 505 g/mol. The Kier molecular flexibility index (Phi) is 7.80. The average Bonchev–Trinajstić information content (AvgIpc) is 3.32. The molecule has 3 aliphatic rings. The Bertz CT molecular complexity index is 1140. The smallest absolute Gasteiger partial charge is 0.459 e. The maximum Gasteiger partial charge on any atom is 0.459 e. The second-order valence-electron chi connectivity index (χ2n) is 9.57. The minimum atomic E-state index is -4.17. The first-order valence-electron chi connectivity index (χ1n) is 11.8. The van der Waals surface area contributed by atoms with E-state index in [9.17, 15) is 19.3 Å². The predicted molar refractivity (Wildman–Crippen MR) is 131 cm³/mol. The Morgan fingerprint density at radius 1 is 1.27 bits per heavy atom. The van der Waals surface area contributed by atoms with Gasteiger partial charge in [0.2, 0.25) is 5.91 Å². The molecule has 1 aromatic rings. The van der Waals surface area contributed by atoms with Gasteiger partial charge in [-0.2, -0.15) is 5.09 Å². The molecule has 12 nitrogen and oxygen atoms in total. The van der Waals surface area contributed by atoms with Gasteiger partial charge in [0.25, 0.3) is 0 Å². The fraction of sp³-hybridized carbons (Fsp3) is 0.500. The second-order valence-corrected chi connectivity index (χ2v) is 11.3. The summed E-state index contributed by atoms with van der Waals surface area (Å²) in [4.78, 5) is 24.8. The topological polar surface area (TPSA) is 159 Å². The van der Waals surface area contributed by atoms with Crippen molar-refractivity contribution in [3.05, 3.63) is 53.9 Å². The molecule has 2 saturated heterocycles. The van der Waals surface area contributed by atoms with Gasteiger partial charge in [-0.05, 0) is 46.2 Å². The Hall–Kier alpha value is -2.73. The summed E-state index contributed by atoms with van der Waals surface area (Å²) in [5.41, 5.74) is 6.83. The third kappa shape index (κ3) is 6.40. The second kappa shape index (κ2) is 10.6. The Morgan fingerprint density at radius 2 is 1.95 bits per heavy atom. The third-order valence-electron chi connectivity index (χ3n) is 6.03. The summed E-state index contributed by atoms with van der Waals surface area (Å²) in [6, 6.07) is 5.53. The molecular formula is C24H32N3O9P. The van der Waals surface area contributed by atoms with Gasteiger partial charge in [0, 0.05) is 18.0 Å². The fourth-order valence-electron chi connectivity index (χ4n) is 4.22. The first-order valence-corrected chi connectivity index (χ1v) is 13.4. The molecule has 0 saturated carbocycles. The number of nitrogens with zero attached hydrogens (tertiary/aromatic N) is 1. The van der Waals surface area contributed by atoms with Crippen molar-refractivity contribution in [3.63, 3.8) is 0 Å². The van der Waals surface area contributed by atoms with Crippen LogP contribution >= 0.6 is 7.75 Å². The van der Waals surface area contributed by atoms with Crippen molar-refractivity contribution >= 4 is 19.6 Å². The van der Waals surface area contributed by atoms with E-state index in [1.807, 2.05) is 6.92 Å². The molecule has 2 fully saturated rings. The van der Waals surface area contributed by atoms with Gasteiger partial charge in [-0.1, -0.05) is 23.8 Å². The maximum absolute atomic E-state index is 13.6. The van der Waals surface area contributed by atoms with Gasteiger partial charge in [-0.25, -0.2) is 4.57 Å². The highest BCUT2D eigenvalue weighted by Gasteiger charge is 2.57. The van der Waals surface area contributed by atoms with E-state index in [0.717, 1.165) is 5.56 Å². The van der Waals surface area contributed by atoms with Crippen LogP contribution in [-0.4, -0.2) is 64.9 Å². The van der Waals surface area contributed by atoms with E-state index in [2.05, 4.69) is 5.09 Å². The molecule has 0 aliphatic carbocycles. The van der Waals surface area contributed by atoms with Crippen molar-refractivity contribution in [1.29, 1.82) is 0 Å². The Labute approximate surface area is 214 Å². The number of hydrogen-bond acceptors (Lipinski definition) is 9. The number of rotatable bonds is 10. The van der Waals surface area contributed by atoms with Crippen LogP contribution in [0.25, 0.3) is 0 Å². The summed E-state index contributed by atoms with van der Waals surface area (Å²) in [6.45, 7) is 6.48. The third-order valence-corrected chi connectivity index (χ3v) is 7.68. The molecule has 3 aliphatic heterocycles. The van der Waals surface area contributed by atoms with Gasteiger partial charge in [-0.15, -0.1) is 0 Å². The standard InChI is InChI=1S/C24H32N3O9P/c1-14-7-9-17(10-8-14)36-37(31,26-15(2)23(29)30)32-13-18-19-20(35-24(3,4)34-19)22(33-18)27-11-5-6-16(12-27)21(25)28/h5,7-12,15,18-20,22H,6,13H2,1-4H3,(H2,25,28)(H,26,31)(H,29,30)/t15-,18?,19+,20+,22+,37?/m0/s1. The van der Waals surface area contributed by atoms with E-state index < -0.39 is 56.0 Å². The maximum atomic E-state index is 13.6. The first-order chi connectivity index (χ1) is 17.4. The molecule has 0 aromatic heterocycles. The largest absolute Gasteiger partial charge is 0.480 e. The lowest BCUT2D eigenvalue weighted by Crippen LogP contribution is -2.40. The molecule has 6 atom stereocenters. The first kappa shape index (κ1) is 27.3. The highest BCUT2D eigenvalue weighted by atomic mass is 31.2. The number of carbonyl (C=O) groups excluding carboxylic acids is 1. The molecule has 0 spiro atoms. The summed E-state index contributed by atoms with van der Waals surface area (Å²) in [6.07, 6.45) is 2.92. The minimum absolute atomic E-state index is 0.242. The van der Waals surface area contributed by atoms with E-state index in [1.54, 1.807) is 61.5 Å². The molecule has 202 valence electrons. The van der Waals surface area contributed by atoms with Crippen molar-refractivity contribution in [2.45, 2.75) is 70.5 Å². The van der Waals surface area contributed by atoms with Crippen LogP contribution in [0.2, 0.25) is 0 Å². The van der Waals surface area contributed by atoms with E-state index in [1.165, 1.54) is 6.92 Å². The lowest BCUT2D eigenvalue weighted by Gasteiger charge is -2.31. The zero-order chi connectivity index (χ0) is 27.0. The molecule has 2 unspecified atom stereocenters. The lowest BCUT2D eigenvalue weighted by molar-refractivity contribution is -0.201. The predicted octanol–water partition coefficient (Wildman–Crippen LogP) is 2.39. The van der Waals surface area contributed by atoms with Crippen LogP contribution in [0.3, 0.4) is 0 Å². The van der Waals surface area contributed by atoms with Crippen molar-refractivity contribution < 1.29 is 42.5 Å². The van der Waals surface area contributed by atoms with Crippen LogP contribution in [0.15, 0.2) is 48.3 Å². The van der Waals surface area contributed by atoms with Gasteiger partial charge >= 0.3 is 13.7 Å². The number of hydrogen-bond donors (Lipinski definition) is 3. The highest BCUT2D eigenvalue weighted by molar-refractivity contribution is 7.52. The monoisotopic (exact) mass is 537 g/mol. The molecule has 0 radical (unpaired) electrons. The molecule has 1 aromatic carbocycles. The number of ether oxygens (including phenoxy) is 3. The van der Waals surface area contributed by atoms with E-state index in [0.29, 0.717) is 12.0 Å². The van der Waals surface area contributed by atoms with E-state index in [-0.39, 0.29) is 12.4 Å². The number of amides is 1. The van der Waals surface area contributed by atoms with Gasteiger partial charge in [-0.3, -0.25) is 14.1 Å². The summed E-state index contributed by atoms with van der Waals surface area (Å²) in [5, 5.41) is 11.8. The highest BCUT2D eigenvalue weighted by Crippen LogP contribution is 2.47. The van der Waals surface area contributed by atoms with Crippen LogP contribution in [-0.2, 0) is 32.9 Å². The number of fused-ring (bicyclic) bond motifs is 1. The van der Waals surface area contributed by atoms with Crippen LogP contribution in [0, 0.1) is 6.92 Å². The summed E-state index contributed by atoms with van der Waals surface area (Å²) in [5.74, 6) is -2.45. The van der Waals surface area contributed by atoms with Gasteiger partial charge in [0.1, 0.15) is 30.1 Å². The number of nitrogens with one attached hydrogen (secondary N) is 1. The average molecular weight is 538 g/mol. The number of primary amides is 1. The molecule has 4 rings (SSSR count). The Morgan fingerprint density at radius 3 is 2.59 bits per heavy atom. The molecule has 3 heterocycles. The van der Waals surface area contributed by atoms with Crippen molar-refractivity contribution in [2.24, 2.45) is 5.73 Å². The zero-order valence-corrected chi connectivity index (χ0v) is 21.9. The van der Waals surface area contributed by atoms with Gasteiger partial charge in [0.15, 0.2) is 12.0 Å². The quantitative estimate of drug-likeness (QED) is 0.376. The molecule has 37 heavy (non-hydrogen) atoms. The summed E-state index contributed by atoms with van der Waals surface area (Å²) < 4.78 is 43.3. The van der Waals surface area contributed by atoms with Crippen LogP contribution in [0.5, 0.6) is 5.75 Å². The molecule has 4 N–H and O–H groups in total. The van der Waals surface area contributed by atoms with E-state index >= 15 is 0 Å².